The highest BCUT2D eigenvalue weighted by atomic mass is 15.4. The summed E-state index contributed by atoms with van der Waals surface area (Å²) in [5.74, 6) is 4.71. The molecule has 98 valence electrons. The van der Waals surface area contributed by atoms with Crippen molar-refractivity contribution in [3.8, 4) is 0 Å². The topological polar surface area (TPSA) is 56.7 Å². The van der Waals surface area contributed by atoms with Crippen LogP contribution in [0.4, 0.5) is 0 Å². The Bertz CT molecular complexity index is 411. The maximum absolute atomic E-state index is 5.57. The first-order valence-electron chi connectivity index (χ1n) is 7.43. The quantitative estimate of drug-likeness (QED) is 0.884. The Morgan fingerprint density at radius 3 is 2.39 bits per heavy atom. The molecule has 18 heavy (non-hydrogen) atoms. The van der Waals surface area contributed by atoms with E-state index in [1.165, 1.54) is 32.1 Å². The number of aromatic nitrogens is 3. The molecule has 1 aromatic heterocycles. The second kappa shape index (κ2) is 4.05. The molecule has 1 aromatic rings. The van der Waals surface area contributed by atoms with Gasteiger partial charge in [-0.1, -0.05) is 0 Å². The van der Waals surface area contributed by atoms with E-state index in [9.17, 15) is 0 Å². The monoisotopic (exact) mass is 246 g/mol. The van der Waals surface area contributed by atoms with Crippen LogP contribution in [0.5, 0.6) is 0 Å². The van der Waals surface area contributed by atoms with Gasteiger partial charge in [-0.05, 0) is 62.3 Å². The summed E-state index contributed by atoms with van der Waals surface area (Å²) in [7, 11) is 0. The molecule has 0 amide bonds. The minimum absolute atomic E-state index is 0.636. The number of rotatable bonds is 3. The standard InChI is InChI=1S/C14H22N4/c15-2-1-13-16-8-18(17-13)14-11-4-9-3-10(6-11)7-12(14)5-9/h8-12,14H,1-7,15H2. The molecule has 0 saturated heterocycles. The molecule has 0 radical (unpaired) electrons. The van der Waals surface area contributed by atoms with Gasteiger partial charge in [0.1, 0.15) is 6.33 Å². The fourth-order valence-electron chi connectivity index (χ4n) is 5.03. The van der Waals surface area contributed by atoms with Gasteiger partial charge in [-0.3, -0.25) is 0 Å². The third-order valence-corrected chi connectivity index (χ3v) is 5.41. The van der Waals surface area contributed by atoms with Crippen LogP contribution in [0.3, 0.4) is 0 Å². The molecule has 4 heteroatoms. The van der Waals surface area contributed by atoms with Crippen LogP contribution < -0.4 is 5.73 Å². The highest BCUT2D eigenvalue weighted by Crippen LogP contribution is 2.57. The molecule has 4 aliphatic rings. The smallest absolute Gasteiger partial charge is 0.151 e. The van der Waals surface area contributed by atoms with Gasteiger partial charge in [0, 0.05) is 6.42 Å². The summed E-state index contributed by atoms with van der Waals surface area (Å²) in [6.45, 7) is 0.645. The summed E-state index contributed by atoms with van der Waals surface area (Å²) >= 11 is 0. The summed E-state index contributed by atoms with van der Waals surface area (Å²) in [6, 6.07) is 0.636. The van der Waals surface area contributed by atoms with Crippen LogP contribution in [0.15, 0.2) is 6.33 Å². The van der Waals surface area contributed by atoms with Crippen molar-refractivity contribution in [2.45, 2.75) is 44.6 Å². The molecule has 4 nitrogen and oxygen atoms in total. The second-order valence-corrected chi connectivity index (χ2v) is 6.60. The van der Waals surface area contributed by atoms with Crippen LogP contribution in [0.2, 0.25) is 0 Å². The molecule has 4 aliphatic carbocycles. The summed E-state index contributed by atoms with van der Waals surface area (Å²) < 4.78 is 2.18. The van der Waals surface area contributed by atoms with Crippen molar-refractivity contribution in [1.29, 1.82) is 0 Å². The summed E-state index contributed by atoms with van der Waals surface area (Å²) in [6.07, 6.45) is 10.0. The molecule has 5 rings (SSSR count). The Hall–Kier alpha value is -0.900. The van der Waals surface area contributed by atoms with Crippen molar-refractivity contribution >= 4 is 0 Å². The van der Waals surface area contributed by atoms with Crippen LogP contribution in [0.25, 0.3) is 0 Å². The van der Waals surface area contributed by atoms with Gasteiger partial charge in [0.05, 0.1) is 6.04 Å². The normalized spacial score (nSPS) is 41.5. The fourth-order valence-corrected chi connectivity index (χ4v) is 5.03. The first kappa shape index (κ1) is 11.0. The lowest BCUT2D eigenvalue weighted by Gasteiger charge is -2.54. The SMILES string of the molecule is NCCc1ncn(C2C3CC4CC(C3)CC2C4)n1. The predicted octanol–water partition coefficient (Wildman–Crippen LogP) is 1.78. The van der Waals surface area contributed by atoms with Gasteiger partial charge in [-0.25, -0.2) is 9.67 Å². The zero-order valence-corrected chi connectivity index (χ0v) is 10.8. The molecular weight excluding hydrogens is 224 g/mol. The highest BCUT2D eigenvalue weighted by molar-refractivity contribution is 5.01. The van der Waals surface area contributed by atoms with Gasteiger partial charge in [0.25, 0.3) is 0 Å². The van der Waals surface area contributed by atoms with Crippen LogP contribution in [-0.4, -0.2) is 21.3 Å². The van der Waals surface area contributed by atoms with E-state index in [1.54, 1.807) is 0 Å². The van der Waals surface area contributed by atoms with E-state index < -0.39 is 0 Å². The van der Waals surface area contributed by atoms with E-state index in [2.05, 4.69) is 14.8 Å². The Balaban J connectivity index is 1.60. The van der Waals surface area contributed by atoms with Crippen LogP contribution >= 0.6 is 0 Å². The van der Waals surface area contributed by atoms with Gasteiger partial charge in [0.15, 0.2) is 5.82 Å². The molecule has 0 unspecified atom stereocenters. The zero-order chi connectivity index (χ0) is 12.1. The minimum atomic E-state index is 0.636. The van der Waals surface area contributed by atoms with Crippen molar-refractivity contribution in [2.24, 2.45) is 29.4 Å². The average molecular weight is 246 g/mol. The van der Waals surface area contributed by atoms with E-state index in [4.69, 9.17) is 5.73 Å². The maximum Gasteiger partial charge on any atom is 0.151 e. The molecular formula is C14H22N4. The fraction of sp³-hybridized carbons (Fsp3) is 0.857. The van der Waals surface area contributed by atoms with Crippen molar-refractivity contribution in [3.63, 3.8) is 0 Å². The first-order valence-corrected chi connectivity index (χ1v) is 7.43. The Morgan fingerprint density at radius 2 is 1.78 bits per heavy atom. The lowest BCUT2D eigenvalue weighted by molar-refractivity contribution is -0.0338. The number of nitrogens with two attached hydrogens (primary N) is 1. The lowest BCUT2D eigenvalue weighted by atomic mass is 9.54. The molecule has 4 bridgehead atoms. The van der Waals surface area contributed by atoms with E-state index in [0.29, 0.717) is 12.6 Å². The number of hydrogen-bond acceptors (Lipinski definition) is 3. The van der Waals surface area contributed by atoms with Gasteiger partial charge in [-0.15, -0.1) is 0 Å². The van der Waals surface area contributed by atoms with Crippen LogP contribution in [0, 0.1) is 23.7 Å². The van der Waals surface area contributed by atoms with Crippen molar-refractivity contribution in [1.82, 2.24) is 14.8 Å². The molecule has 1 heterocycles. The van der Waals surface area contributed by atoms with Crippen LogP contribution in [-0.2, 0) is 6.42 Å². The van der Waals surface area contributed by atoms with Gasteiger partial charge >= 0.3 is 0 Å². The molecule has 0 aromatic carbocycles. The molecule has 4 saturated carbocycles. The van der Waals surface area contributed by atoms with E-state index in [-0.39, 0.29) is 0 Å². The lowest BCUT2D eigenvalue weighted by Crippen LogP contribution is -2.46. The van der Waals surface area contributed by atoms with Gasteiger partial charge < -0.3 is 5.73 Å². The molecule has 0 spiro atoms. The van der Waals surface area contributed by atoms with Gasteiger partial charge in [0.2, 0.25) is 0 Å². The summed E-state index contributed by atoms with van der Waals surface area (Å²) in [5.41, 5.74) is 5.57. The first-order chi connectivity index (χ1) is 8.83. The van der Waals surface area contributed by atoms with Crippen LogP contribution in [0.1, 0.15) is 44.0 Å². The van der Waals surface area contributed by atoms with Crippen molar-refractivity contribution in [3.05, 3.63) is 12.2 Å². The zero-order valence-electron chi connectivity index (χ0n) is 10.8. The Labute approximate surface area is 108 Å². The van der Waals surface area contributed by atoms with Crippen molar-refractivity contribution in [2.75, 3.05) is 6.54 Å². The van der Waals surface area contributed by atoms with Crippen molar-refractivity contribution < 1.29 is 0 Å². The summed E-state index contributed by atoms with van der Waals surface area (Å²) in [4.78, 5) is 4.41. The predicted molar refractivity (Wildman–Crippen MR) is 68.9 cm³/mol. The molecule has 4 fully saturated rings. The molecule has 2 N–H and O–H groups in total. The van der Waals surface area contributed by atoms with E-state index in [0.717, 1.165) is 35.9 Å². The third kappa shape index (κ3) is 1.62. The largest absolute Gasteiger partial charge is 0.330 e. The highest BCUT2D eigenvalue weighted by Gasteiger charge is 2.49. The Kier molecular flexibility index (Phi) is 2.47. The number of nitrogens with zero attached hydrogens (tertiary/aromatic N) is 3. The summed E-state index contributed by atoms with van der Waals surface area (Å²) in [5, 5.41) is 4.67. The van der Waals surface area contributed by atoms with E-state index >= 15 is 0 Å². The van der Waals surface area contributed by atoms with Gasteiger partial charge in [-0.2, -0.15) is 5.10 Å². The maximum atomic E-state index is 5.57. The number of hydrogen-bond donors (Lipinski definition) is 1. The molecule has 0 atom stereocenters. The third-order valence-electron chi connectivity index (χ3n) is 5.41. The van der Waals surface area contributed by atoms with E-state index in [1.807, 2.05) is 6.33 Å². The molecule has 0 aliphatic heterocycles. The second-order valence-electron chi connectivity index (χ2n) is 6.60. The average Bonchev–Trinajstić information content (AvgIpc) is 2.76. The minimum Gasteiger partial charge on any atom is -0.330 e. The Morgan fingerprint density at radius 1 is 1.11 bits per heavy atom.